The molecule has 2 unspecified atom stereocenters. The fraction of sp³-hybridized carbons (Fsp3) is 0.200. The Morgan fingerprint density at radius 1 is 0.929 bits per heavy atom. The summed E-state index contributed by atoms with van der Waals surface area (Å²) < 4.78 is 0. The maximum atomic E-state index is 12.1. The molecular weight excluding hydrogens is 360 g/mol. The smallest absolute Gasteiger partial charge is 0.271 e. The van der Waals surface area contributed by atoms with Crippen LogP contribution in [0.4, 0.5) is 0 Å². The van der Waals surface area contributed by atoms with Crippen LogP contribution in [0.1, 0.15) is 34.1 Å². The lowest BCUT2D eigenvalue weighted by molar-refractivity contribution is 0.0366. The summed E-state index contributed by atoms with van der Waals surface area (Å²) in [6.45, 7) is 1.43. The lowest BCUT2D eigenvalue weighted by Gasteiger charge is -2.13. The van der Waals surface area contributed by atoms with Gasteiger partial charge in [-0.05, 0) is 31.2 Å². The van der Waals surface area contributed by atoms with Crippen LogP contribution >= 0.6 is 0 Å². The number of hydrogen-bond acceptors (Lipinski definition) is 6. The Labute approximate surface area is 162 Å². The second-order valence-electron chi connectivity index (χ2n) is 5.99. The van der Waals surface area contributed by atoms with Crippen LogP contribution in [0.5, 0.6) is 0 Å². The molecule has 0 bridgehead atoms. The monoisotopic (exact) mass is 382 g/mol. The molecule has 2 atom stereocenters. The van der Waals surface area contributed by atoms with Crippen molar-refractivity contribution in [3.05, 3.63) is 71.8 Å². The highest BCUT2D eigenvalue weighted by molar-refractivity contribution is 6.31. The molecule has 0 aliphatic heterocycles. The summed E-state index contributed by atoms with van der Waals surface area (Å²) in [4.78, 5) is 24.1. The van der Waals surface area contributed by atoms with Gasteiger partial charge in [0.25, 0.3) is 11.8 Å². The van der Waals surface area contributed by atoms with Crippen molar-refractivity contribution in [1.29, 1.82) is 0 Å². The van der Waals surface area contributed by atoms with E-state index >= 15 is 0 Å². The third-order valence-electron chi connectivity index (χ3n) is 3.73. The SMILES string of the molecule is CC(O)C(O)CC(/C=N/NC(=O)c1ccccc1)=NNC(=O)c1ccccc1. The van der Waals surface area contributed by atoms with Crippen LogP contribution in [0, 0.1) is 0 Å². The molecule has 0 fully saturated rings. The summed E-state index contributed by atoms with van der Waals surface area (Å²) in [5.74, 6) is -0.855. The average Bonchev–Trinajstić information content (AvgIpc) is 2.72. The maximum Gasteiger partial charge on any atom is 0.271 e. The highest BCUT2D eigenvalue weighted by Crippen LogP contribution is 2.02. The van der Waals surface area contributed by atoms with Gasteiger partial charge in [-0.25, -0.2) is 10.9 Å². The number of rotatable bonds is 8. The predicted molar refractivity (Wildman–Crippen MR) is 106 cm³/mol. The Kier molecular flexibility index (Phi) is 8.01. The number of hydrogen-bond donors (Lipinski definition) is 4. The van der Waals surface area contributed by atoms with E-state index in [4.69, 9.17) is 0 Å². The number of nitrogens with zero attached hydrogens (tertiary/aromatic N) is 2. The standard InChI is InChI=1S/C20H22N4O4/c1-14(25)18(26)12-17(22-24-20(28)16-10-6-3-7-11-16)13-21-23-19(27)15-8-4-2-5-9-15/h2-11,13-14,18,25-26H,12H2,1H3,(H,23,27)(H,24,28)/b21-13+,22-17?. The first-order valence-corrected chi connectivity index (χ1v) is 8.64. The zero-order chi connectivity index (χ0) is 20.4. The summed E-state index contributed by atoms with van der Waals surface area (Å²) in [5.41, 5.74) is 5.72. The molecule has 146 valence electrons. The zero-order valence-corrected chi connectivity index (χ0v) is 15.3. The van der Waals surface area contributed by atoms with Crippen molar-refractivity contribution < 1.29 is 19.8 Å². The molecular formula is C20H22N4O4. The van der Waals surface area contributed by atoms with Crippen molar-refractivity contribution >= 4 is 23.7 Å². The van der Waals surface area contributed by atoms with E-state index in [9.17, 15) is 19.8 Å². The molecule has 0 aliphatic carbocycles. The van der Waals surface area contributed by atoms with Crippen molar-refractivity contribution in [2.75, 3.05) is 0 Å². The number of nitrogens with one attached hydrogen (secondary N) is 2. The Bertz CT molecular complexity index is 836. The van der Waals surface area contributed by atoms with Gasteiger partial charge in [-0.2, -0.15) is 10.2 Å². The largest absolute Gasteiger partial charge is 0.391 e. The molecule has 0 saturated heterocycles. The number of carbonyl (C=O) groups excluding carboxylic acids is 2. The summed E-state index contributed by atoms with van der Waals surface area (Å²) in [6.07, 6.45) is -0.971. The van der Waals surface area contributed by atoms with E-state index in [0.29, 0.717) is 11.1 Å². The Morgan fingerprint density at radius 3 is 1.93 bits per heavy atom. The second kappa shape index (κ2) is 10.7. The van der Waals surface area contributed by atoms with Gasteiger partial charge >= 0.3 is 0 Å². The van der Waals surface area contributed by atoms with E-state index in [1.807, 2.05) is 0 Å². The van der Waals surface area contributed by atoms with Crippen molar-refractivity contribution in [2.24, 2.45) is 10.2 Å². The molecule has 0 radical (unpaired) electrons. The van der Waals surface area contributed by atoms with Gasteiger partial charge in [0, 0.05) is 17.5 Å². The van der Waals surface area contributed by atoms with Gasteiger partial charge < -0.3 is 10.2 Å². The van der Waals surface area contributed by atoms with Gasteiger partial charge in [-0.15, -0.1) is 0 Å². The van der Waals surface area contributed by atoms with Crippen LogP contribution in [-0.2, 0) is 0 Å². The molecule has 4 N–H and O–H groups in total. The van der Waals surface area contributed by atoms with Gasteiger partial charge in [0.15, 0.2) is 0 Å². The van der Waals surface area contributed by atoms with Gasteiger partial charge in [0.1, 0.15) is 0 Å². The number of aliphatic hydroxyl groups is 2. The molecule has 0 saturated carbocycles. The maximum absolute atomic E-state index is 12.1. The Balaban J connectivity index is 2.05. The molecule has 28 heavy (non-hydrogen) atoms. The van der Waals surface area contributed by atoms with Gasteiger partial charge in [-0.3, -0.25) is 9.59 Å². The predicted octanol–water partition coefficient (Wildman–Crippen LogP) is 1.32. The fourth-order valence-electron chi connectivity index (χ4n) is 2.11. The van der Waals surface area contributed by atoms with Crippen molar-refractivity contribution in [1.82, 2.24) is 10.9 Å². The molecule has 2 rings (SSSR count). The number of benzene rings is 2. The van der Waals surface area contributed by atoms with Crippen LogP contribution in [0.2, 0.25) is 0 Å². The highest BCUT2D eigenvalue weighted by atomic mass is 16.3. The average molecular weight is 382 g/mol. The third-order valence-corrected chi connectivity index (χ3v) is 3.73. The number of aliphatic hydroxyl groups excluding tert-OH is 2. The van der Waals surface area contributed by atoms with Crippen LogP contribution in [0.15, 0.2) is 70.9 Å². The van der Waals surface area contributed by atoms with Gasteiger partial charge in [-0.1, -0.05) is 36.4 Å². The van der Waals surface area contributed by atoms with E-state index in [1.54, 1.807) is 60.7 Å². The van der Waals surface area contributed by atoms with Crippen LogP contribution < -0.4 is 10.9 Å². The Hall–Kier alpha value is -3.36. The molecule has 2 amide bonds. The normalized spacial score (nSPS) is 13.8. The first-order valence-electron chi connectivity index (χ1n) is 8.64. The van der Waals surface area contributed by atoms with E-state index < -0.39 is 24.0 Å². The van der Waals surface area contributed by atoms with Crippen molar-refractivity contribution in [2.45, 2.75) is 25.6 Å². The van der Waals surface area contributed by atoms with Gasteiger partial charge in [0.2, 0.25) is 0 Å². The van der Waals surface area contributed by atoms with E-state index in [-0.39, 0.29) is 12.1 Å². The summed E-state index contributed by atoms with van der Waals surface area (Å²) >= 11 is 0. The van der Waals surface area contributed by atoms with E-state index in [1.165, 1.54) is 13.1 Å². The van der Waals surface area contributed by atoms with Crippen LogP contribution in [0.3, 0.4) is 0 Å². The minimum absolute atomic E-state index is 0.0720. The lowest BCUT2D eigenvalue weighted by Crippen LogP contribution is -2.29. The first-order chi connectivity index (χ1) is 13.5. The number of amides is 2. The van der Waals surface area contributed by atoms with Crippen LogP contribution in [0.25, 0.3) is 0 Å². The topological polar surface area (TPSA) is 123 Å². The summed E-state index contributed by atoms with van der Waals surface area (Å²) in [7, 11) is 0. The first kappa shape index (κ1) is 20.9. The van der Waals surface area contributed by atoms with Crippen LogP contribution in [-0.4, -0.2) is 46.2 Å². The number of carbonyl (C=O) groups is 2. The van der Waals surface area contributed by atoms with Gasteiger partial charge in [0.05, 0.1) is 24.1 Å². The zero-order valence-electron chi connectivity index (χ0n) is 15.3. The Morgan fingerprint density at radius 2 is 1.43 bits per heavy atom. The fourth-order valence-corrected chi connectivity index (χ4v) is 2.11. The number of hydrazone groups is 2. The summed E-state index contributed by atoms with van der Waals surface area (Å²) in [5, 5.41) is 27.1. The molecule has 2 aromatic rings. The quantitative estimate of drug-likeness (QED) is 0.406. The van der Waals surface area contributed by atoms with E-state index in [0.717, 1.165) is 0 Å². The molecule has 2 aromatic carbocycles. The minimum atomic E-state index is -1.11. The molecule has 8 nitrogen and oxygen atoms in total. The van der Waals surface area contributed by atoms with E-state index in [2.05, 4.69) is 21.1 Å². The van der Waals surface area contributed by atoms with Crippen molar-refractivity contribution in [3.63, 3.8) is 0 Å². The molecule has 0 spiro atoms. The minimum Gasteiger partial charge on any atom is -0.391 e. The molecule has 0 aromatic heterocycles. The lowest BCUT2D eigenvalue weighted by atomic mass is 10.1. The molecule has 8 heteroatoms. The molecule has 0 heterocycles. The second-order valence-corrected chi connectivity index (χ2v) is 5.99. The van der Waals surface area contributed by atoms with Crippen molar-refractivity contribution in [3.8, 4) is 0 Å². The third kappa shape index (κ3) is 6.75. The highest BCUT2D eigenvalue weighted by Gasteiger charge is 2.14. The molecule has 0 aliphatic rings. The summed E-state index contributed by atoms with van der Waals surface area (Å²) in [6, 6.07) is 17.0.